The molecule has 3 aromatic rings. The molecule has 42 heavy (non-hydrogen) atoms. The summed E-state index contributed by atoms with van der Waals surface area (Å²) in [6.07, 6.45) is 0.977. The van der Waals surface area contributed by atoms with E-state index in [0.29, 0.717) is 37.2 Å². The Labute approximate surface area is 247 Å². The predicted octanol–water partition coefficient (Wildman–Crippen LogP) is 3.93. The zero-order valence-corrected chi connectivity index (χ0v) is 24.8. The summed E-state index contributed by atoms with van der Waals surface area (Å²) >= 11 is 1.15. The number of nitrogens with zero attached hydrogens (tertiary/aromatic N) is 2. The molecule has 11 nitrogen and oxygen atoms in total. The smallest absolute Gasteiger partial charge is 0.414 e. The van der Waals surface area contributed by atoms with Crippen LogP contribution in [0.1, 0.15) is 57.0 Å². The molecule has 0 bridgehead atoms. The molecule has 0 saturated heterocycles. The Balaban J connectivity index is 1.39. The molecule has 3 heterocycles. The summed E-state index contributed by atoms with van der Waals surface area (Å²) in [5.74, 6) is -1.39. The fourth-order valence-electron chi connectivity index (χ4n) is 5.15. The molecule has 0 aliphatic carbocycles. The van der Waals surface area contributed by atoms with Crippen molar-refractivity contribution in [3.05, 3.63) is 75.7 Å². The largest absolute Gasteiger partial charge is 0.450 e. The molecule has 5 rings (SSSR count). The van der Waals surface area contributed by atoms with E-state index in [1.807, 2.05) is 12.1 Å². The van der Waals surface area contributed by atoms with Crippen LogP contribution in [-0.4, -0.2) is 56.8 Å². The highest BCUT2D eigenvalue weighted by atomic mass is 32.2. The Morgan fingerprint density at radius 3 is 2.43 bits per heavy atom. The fraction of sp³-hybridized carbons (Fsp3) is 0.310. The van der Waals surface area contributed by atoms with E-state index in [-0.39, 0.29) is 40.1 Å². The summed E-state index contributed by atoms with van der Waals surface area (Å²) in [6.45, 7) is 4.18. The number of benzene rings is 2. The Bertz CT molecular complexity index is 1670. The lowest BCUT2D eigenvalue weighted by Gasteiger charge is -2.30. The monoisotopic (exact) mass is 610 g/mol. The summed E-state index contributed by atoms with van der Waals surface area (Å²) < 4.78 is 33.2. The van der Waals surface area contributed by atoms with Gasteiger partial charge in [-0.2, -0.15) is 0 Å². The molecule has 0 spiro atoms. The first kappa shape index (κ1) is 29.3. The first-order valence-electron chi connectivity index (χ1n) is 13.5. The molecule has 2 aromatic carbocycles. The van der Waals surface area contributed by atoms with E-state index in [2.05, 4.69) is 10.6 Å². The molecule has 0 saturated carbocycles. The van der Waals surface area contributed by atoms with E-state index < -0.39 is 27.9 Å². The van der Waals surface area contributed by atoms with Crippen molar-refractivity contribution in [1.29, 1.82) is 0 Å². The highest BCUT2D eigenvalue weighted by Crippen LogP contribution is 2.38. The SMILES string of the molecule is CCOC(=O)NC(=O)c1c(NC(=O)c2ccc(S(=O)(=O)N3CCCc4ccccc43)cc2)sc2c1CCN(C(C)=O)C2. The molecule has 2 aliphatic rings. The number of ether oxygens (including phenoxy) is 1. The van der Waals surface area contributed by atoms with Crippen molar-refractivity contribution >= 4 is 55.9 Å². The van der Waals surface area contributed by atoms with E-state index in [1.165, 1.54) is 35.5 Å². The topological polar surface area (TPSA) is 142 Å². The molecule has 220 valence electrons. The lowest BCUT2D eigenvalue weighted by molar-refractivity contribution is -0.129. The highest BCUT2D eigenvalue weighted by molar-refractivity contribution is 7.92. The average molecular weight is 611 g/mol. The maximum absolute atomic E-state index is 13.5. The number of carbonyl (C=O) groups excluding carboxylic acids is 4. The summed E-state index contributed by atoms with van der Waals surface area (Å²) in [5.41, 5.74) is 2.60. The zero-order chi connectivity index (χ0) is 30.0. The molecule has 4 amide bonds. The molecular weight excluding hydrogens is 580 g/mol. The van der Waals surface area contributed by atoms with Crippen LogP contribution in [0.2, 0.25) is 0 Å². The number of aryl methyl sites for hydroxylation is 1. The number of fused-ring (bicyclic) bond motifs is 2. The van der Waals surface area contributed by atoms with Gasteiger partial charge in [-0.1, -0.05) is 18.2 Å². The zero-order valence-electron chi connectivity index (χ0n) is 23.1. The number of thiophene rings is 1. The van der Waals surface area contributed by atoms with Gasteiger partial charge in [0.1, 0.15) is 5.00 Å². The molecule has 2 aliphatic heterocycles. The van der Waals surface area contributed by atoms with Crippen LogP contribution >= 0.6 is 11.3 Å². The van der Waals surface area contributed by atoms with Crippen LogP contribution in [0.15, 0.2) is 53.4 Å². The quantitative estimate of drug-likeness (QED) is 0.431. The number of imide groups is 1. The second kappa shape index (κ2) is 11.9. The second-order valence-electron chi connectivity index (χ2n) is 9.86. The van der Waals surface area contributed by atoms with Gasteiger partial charge in [-0.25, -0.2) is 13.2 Å². The third-order valence-corrected chi connectivity index (χ3v) is 10.2. The van der Waals surface area contributed by atoms with Crippen LogP contribution in [0, 0.1) is 0 Å². The number of alkyl carbamates (subject to hydrolysis) is 1. The number of hydrogen-bond donors (Lipinski definition) is 2. The van der Waals surface area contributed by atoms with Crippen molar-refractivity contribution in [2.75, 3.05) is 29.3 Å². The van der Waals surface area contributed by atoms with Crippen molar-refractivity contribution in [1.82, 2.24) is 10.2 Å². The van der Waals surface area contributed by atoms with E-state index >= 15 is 0 Å². The third kappa shape index (κ3) is 5.74. The number of para-hydroxylation sites is 1. The van der Waals surface area contributed by atoms with Crippen molar-refractivity contribution in [3.63, 3.8) is 0 Å². The van der Waals surface area contributed by atoms with E-state index in [1.54, 1.807) is 24.0 Å². The van der Waals surface area contributed by atoms with Crippen LogP contribution in [-0.2, 0) is 38.9 Å². The summed E-state index contributed by atoms with van der Waals surface area (Å²) in [6, 6.07) is 13.0. The number of sulfonamides is 1. The van der Waals surface area contributed by atoms with Crippen LogP contribution in [0.25, 0.3) is 0 Å². The number of amides is 4. The minimum atomic E-state index is -3.85. The predicted molar refractivity (Wildman–Crippen MR) is 157 cm³/mol. The summed E-state index contributed by atoms with van der Waals surface area (Å²) in [7, 11) is -3.85. The Kier molecular flexibility index (Phi) is 8.32. The minimum Gasteiger partial charge on any atom is -0.450 e. The Morgan fingerprint density at radius 2 is 1.71 bits per heavy atom. The van der Waals surface area contributed by atoms with Crippen LogP contribution < -0.4 is 14.9 Å². The Hall–Kier alpha value is -4.23. The van der Waals surface area contributed by atoms with E-state index in [4.69, 9.17) is 4.74 Å². The van der Waals surface area contributed by atoms with Gasteiger partial charge in [-0.15, -0.1) is 11.3 Å². The van der Waals surface area contributed by atoms with Crippen molar-refractivity contribution in [3.8, 4) is 0 Å². The first-order valence-corrected chi connectivity index (χ1v) is 15.8. The van der Waals surface area contributed by atoms with Gasteiger partial charge < -0.3 is 15.0 Å². The Morgan fingerprint density at radius 1 is 0.976 bits per heavy atom. The second-order valence-corrected chi connectivity index (χ2v) is 12.8. The van der Waals surface area contributed by atoms with Gasteiger partial charge in [0.25, 0.3) is 21.8 Å². The highest BCUT2D eigenvalue weighted by Gasteiger charge is 2.32. The van der Waals surface area contributed by atoms with E-state index in [9.17, 15) is 27.6 Å². The number of rotatable bonds is 6. The maximum Gasteiger partial charge on any atom is 0.414 e. The van der Waals surface area contributed by atoms with Gasteiger partial charge in [0.2, 0.25) is 5.91 Å². The minimum absolute atomic E-state index is 0.0566. The van der Waals surface area contributed by atoms with Crippen molar-refractivity contribution in [2.24, 2.45) is 0 Å². The van der Waals surface area contributed by atoms with Crippen LogP contribution in [0.4, 0.5) is 15.5 Å². The number of anilines is 2. The van der Waals surface area contributed by atoms with Gasteiger partial charge in [0.05, 0.1) is 29.3 Å². The average Bonchev–Trinajstić information content (AvgIpc) is 3.34. The van der Waals surface area contributed by atoms with Gasteiger partial charge in [0, 0.05) is 30.5 Å². The number of hydrogen-bond acceptors (Lipinski definition) is 8. The standard InChI is InChI=1S/C29H30N4O7S2/c1-3-40-29(37)31-27(36)25-22-14-16-32(18(2)34)17-24(22)41-28(25)30-26(35)20-10-12-21(13-11-20)42(38,39)33-15-6-8-19-7-4-5-9-23(19)33/h4-5,7,9-13H,3,6,8,14-17H2,1-2H3,(H,30,35)(H,31,36,37). The molecule has 13 heteroatoms. The fourth-order valence-corrected chi connectivity index (χ4v) is 7.95. The van der Waals surface area contributed by atoms with Crippen molar-refractivity contribution < 1.29 is 32.3 Å². The van der Waals surface area contributed by atoms with E-state index in [0.717, 1.165) is 28.2 Å². The number of carbonyl (C=O) groups is 4. The molecule has 0 fully saturated rings. The lowest BCUT2D eigenvalue weighted by Crippen LogP contribution is -2.35. The van der Waals surface area contributed by atoms with Gasteiger partial charge >= 0.3 is 6.09 Å². The van der Waals surface area contributed by atoms with Gasteiger partial charge in [0.15, 0.2) is 0 Å². The molecule has 0 unspecified atom stereocenters. The third-order valence-electron chi connectivity index (χ3n) is 7.22. The van der Waals surface area contributed by atoms with Gasteiger partial charge in [-0.3, -0.25) is 24.0 Å². The number of nitrogens with one attached hydrogen (secondary N) is 2. The lowest BCUT2D eigenvalue weighted by atomic mass is 10.0. The van der Waals surface area contributed by atoms with Crippen molar-refractivity contribution in [2.45, 2.75) is 44.6 Å². The molecule has 1 aromatic heterocycles. The molecule has 2 N–H and O–H groups in total. The molecule has 0 radical (unpaired) electrons. The normalized spacial score (nSPS) is 14.4. The molecular formula is C29H30N4O7S2. The maximum atomic E-state index is 13.5. The molecule has 0 atom stereocenters. The van der Waals surface area contributed by atoms with Gasteiger partial charge in [-0.05, 0) is 67.6 Å². The first-order chi connectivity index (χ1) is 20.1. The summed E-state index contributed by atoms with van der Waals surface area (Å²) in [5, 5.41) is 5.16. The van der Waals surface area contributed by atoms with Crippen LogP contribution in [0.5, 0.6) is 0 Å². The van der Waals surface area contributed by atoms with Crippen LogP contribution in [0.3, 0.4) is 0 Å². The summed E-state index contributed by atoms with van der Waals surface area (Å²) in [4.78, 5) is 52.7.